The molecule has 0 bridgehead atoms. The van der Waals surface area contributed by atoms with Crippen LogP contribution in [0.2, 0.25) is 5.02 Å². The maximum Gasteiger partial charge on any atom is 0.226 e. The van der Waals surface area contributed by atoms with Crippen LogP contribution >= 0.6 is 11.6 Å². The third kappa shape index (κ3) is 2.79. The van der Waals surface area contributed by atoms with Gasteiger partial charge in [-0.3, -0.25) is 4.79 Å². The van der Waals surface area contributed by atoms with Gasteiger partial charge in [-0.05, 0) is 19.2 Å². The third-order valence-electron chi connectivity index (χ3n) is 5.45. The first-order chi connectivity index (χ1) is 13.6. The average Bonchev–Trinajstić information content (AvgIpc) is 3.01. The van der Waals surface area contributed by atoms with Crippen molar-refractivity contribution in [2.24, 2.45) is 0 Å². The van der Waals surface area contributed by atoms with E-state index in [-0.39, 0.29) is 5.78 Å². The normalized spacial score (nSPS) is 16.2. The fourth-order valence-electron chi connectivity index (χ4n) is 3.85. The van der Waals surface area contributed by atoms with Gasteiger partial charge >= 0.3 is 0 Å². The van der Waals surface area contributed by atoms with E-state index < -0.39 is 0 Å². The van der Waals surface area contributed by atoms with E-state index in [0.29, 0.717) is 27.8 Å². The lowest BCUT2D eigenvalue weighted by Gasteiger charge is -2.32. The van der Waals surface area contributed by atoms with E-state index >= 15 is 0 Å². The minimum absolute atomic E-state index is 0.0134. The smallest absolute Gasteiger partial charge is 0.226 e. The molecule has 0 radical (unpaired) electrons. The fraction of sp³-hybridized carbons (Fsp3) is 0.227. The van der Waals surface area contributed by atoms with Crippen LogP contribution in [0.25, 0.3) is 22.5 Å². The van der Waals surface area contributed by atoms with Gasteiger partial charge in [0.25, 0.3) is 0 Å². The molecule has 3 aromatic rings. The van der Waals surface area contributed by atoms with E-state index in [1.165, 1.54) is 0 Å². The Kier molecular flexibility index (Phi) is 4.14. The van der Waals surface area contributed by atoms with Crippen LogP contribution in [-0.4, -0.2) is 53.9 Å². The molecule has 5 rings (SSSR count). The predicted molar refractivity (Wildman–Crippen MR) is 111 cm³/mol. The first-order valence-corrected chi connectivity index (χ1v) is 9.75. The van der Waals surface area contributed by atoms with E-state index in [4.69, 9.17) is 21.6 Å². The van der Waals surface area contributed by atoms with E-state index in [0.717, 1.165) is 43.0 Å². The summed E-state index contributed by atoms with van der Waals surface area (Å²) in [5, 5.41) is 0.656. The van der Waals surface area contributed by atoms with E-state index in [1.807, 2.05) is 48.5 Å². The van der Waals surface area contributed by atoms with Crippen LogP contribution in [0.3, 0.4) is 0 Å². The first kappa shape index (κ1) is 17.3. The Morgan fingerprint density at radius 1 is 0.857 bits per heavy atom. The number of piperazine rings is 1. The van der Waals surface area contributed by atoms with Crippen LogP contribution in [0.15, 0.2) is 48.5 Å². The minimum atomic E-state index is -0.0134. The highest BCUT2D eigenvalue weighted by Gasteiger charge is 2.33. The third-order valence-corrected chi connectivity index (χ3v) is 5.71. The monoisotopic (exact) mass is 390 g/mol. The van der Waals surface area contributed by atoms with Gasteiger partial charge < -0.3 is 9.80 Å². The molecular formula is C22H19ClN4O. The average molecular weight is 391 g/mol. The van der Waals surface area contributed by atoms with Crippen LogP contribution < -0.4 is 4.90 Å². The summed E-state index contributed by atoms with van der Waals surface area (Å²) < 4.78 is 0. The molecule has 1 aliphatic carbocycles. The van der Waals surface area contributed by atoms with Crippen molar-refractivity contribution in [1.29, 1.82) is 0 Å². The summed E-state index contributed by atoms with van der Waals surface area (Å²) in [6.07, 6.45) is 0. The van der Waals surface area contributed by atoms with Gasteiger partial charge in [0.2, 0.25) is 5.95 Å². The molecule has 5 nitrogen and oxygen atoms in total. The van der Waals surface area contributed by atoms with Crippen LogP contribution in [0.5, 0.6) is 0 Å². The molecule has 0 N–H and O–H groups in total. The molecule has 140 valence electrons. The van der Waals surface area contributed by atoms with Crippen LogP contribution in [0.1, 0.15) is 15.9 Å². The van der Waals surface area contributed by atoms with Crippen molar-refractivity contribution in [3.05, 3.63) is 64.7 Å². The number of carbonyl (C=O) groups is 1. The van der Waals surface area contributed by atoms with Gasteiger partial charge in [-0.25, -0.2) is 9.97 Å². The fourth-order valence-corrected chi connectivity index (χ4v) is 3.97. The molecule has 0 amide bonds. The number of ketones is 1. The summed E-state index contributed by atoms with van der Waals surface area (Å²) in [7, 11) is 2.12. The van der Waals surface area contributed by atoms with Crippen molar-refractivity contribution >= 4 is 23.3 Å². The lowest BCUT2D eigenvalue weighted by Crippen LogP contribution is -2.45. The van der Waals surface area contributed by atoms with Crippen molar-refractivity contribution in [3.63, 3.8) is 0 Å². The summed E-state index contributed by atoms with van der Waals surface area (Å²) in [4.78, 5) is 27.4. The van der Waals surface area contributed by atoms with Gasteiger partial charge in [0.05, 0.1) is 17.0 Å². The predicted octanol–water partition coefficient (Wildman–Crippen LogP) is 3.76. The van der Waals surface area contributed by atoms with Gasteiger partial charge in [-0.1, -0.05) is 48.0 Å². The van der Waals surface area contributed by atoms with E-state index in [9.17, 15) is 4.79 Å². The van der Waals surface area contributed by atoms with Gasteiger partial charge in [-0.2, -0.15) is 0 Å². The highest BCUT2D eigenvalue weighted by molar-refractivity contribution is 6.30. The second-order valence-electron chi connectivity index (χ2n) is 7.27. The molecule has 2 heterocycles. The number of hydrogen-bond acceptors (Lipinski definition) is 5. The molecule has 2 aromatic carbocycles. The van der Waals surface area contributed by atoms with E-state index in [1.54, 1.807) is 0 Å². The van der Waals surface area contributed by atoms with Crippen molar-refractivity contribution in [2.75, 3.05) is 38.1 Å². The van der Waals surface area contributed by atoms with Crippen molar-refractivity contribution < 1.29 is 4.79 Å². The number of rotatable bonds is 2. The molecule has 1 aliphatic heterocycles. The molecule has 0 atom stereocenters. The SMILES string of the molecule is CN1CCN(c2nc(-c3ccc(Cl)cc3)c3c(n2)-c2ccccc2C3=O)CC1. The van der Waals surface area contributed by atoms with Gasteiger partial charge in [0, 0.05) is 47.9 Å². The zero-order valence-electron chi connectivity index (χ0n) is 15.5. The van der Waals surface area contributed by atoms with Crippen LogP contribution in [0, 0.1) is 0 Å². The summed E-state index contributed by atoms with van der Waals surface area (Å²) in [6.45, 7) is 3.66. The van der Waals surface area contributed by atoms with Crippen molar-refractivity contribution in [3.8, 4) is 22.5 Å². The minimum Gasteiger partial charge on any atom is -0.338 e. The van der Waals surface area contributed by atoms with Crippen LogP contribution in [-0.2, 0) is 0 Å². The Bertz CT molecular complexity index is 1070. The number of fused-ring (bicyclic) bond motifs is 3. The Balaban J connectivity index is 1.71. The molecule has 2 aliphatic rings. The number of aromatic nitrogens is 2. The molecule has 6 heteroatoms. The highest BCUT2D eigenvalue weighted by Crippen LogP contribution is 2.40. The Morgan fingerprint density at radius 2 is 1.50 bits per heavy atom. The maximum atomic E-state index is 13.2. The second kappa shape index (κ2) is 6.69. The Labute approximate surface area is 168 Å². The Morgan fingerprint density at radius 3 is 2.21 bits per heavy atom. The number of anilines is 1. The lowest BCUT2D eigenvalue weighted by molar-refractivity contribution is 0.104. The first-order valence-electron chi connectivity index (χ1n) is 9.37. The topological polar surface area (TPSA) is 49.3 Å². The van der Waals surface area contributed by atoms with Crippen molar-refractivity contribution in [1.82, 2.24) is 14.9 Å². The zero-order valence-corrected chi connectivity index (χ0v) is 16.3. The summed E-state index contributed by atoms with van der Waals surface area (Å²) in [5.74, 6) is 0.668. The highest BCUT2D eigenvalue weighted by atomic mass is 35.5. The van der Waals surface area contributed by atoms with Gasteiger partial charge in [0.1, 0.15) is 0 Å². The van der Waals surface area contributed by atoms with Crippen molar-refractivity contribution in [2.45, 2.75) is 0 Å². The number of nitrogens with zero attached hydrogens (tertiary/aromatic N) is 4. The summed E-state index contributed by atoms with van der Waals surface area (Å²) in [6, 6.07) is 15.1. The molecule has 1 fully saturated rings. The molecule has 1 saturated heterocycles. The van der Waals surface area contributed by atoms with Crippen LogP contribution in [0.4, 0.5) is 5.95 Å². The quantitative estimate of drug-likeness (QED) is 0.521. The molecule has 0 unspecified atom stereocenters. The van der Waals surface area contributed by atoms with E-state index in [2.05, 4.69) is 16.8 Å². The molecular weight excluding hydrogens is 372 g/mol. The summed E-state index contributed by atoms with van der Waals surface area (Å²) in [5.41, 5.74) is 4.44. The number of halogens is 1. The lowest BCUT2D eigenvalue weighted by atomic mass is 10.0. The summed E-state index contributed by atoms with van der Waals surface area (Å²) >= 11 is 6.07. The second-order valence-corrected chi connectivity index (χ2v) is 7.70. The van der Waals surface area contributed by atoms with Gasteiger partial charge in [0.15, 0.2) is 5.78 Å². The molecule has 28 heavy (non-hydrogen) atoms. The molecule has 0 saturated carbocycles. The molecule has 1 aromatic heterocycles. The largest absolute Gasteiger partial charge is 0.338 e. The molecule has 0 spiro atoms. The Hall–Kier alpha value is -2.76. The zero-order chi connectivity index (χ0) is 19.3. The number of benzene rings is 2. The van der Waals surface area contributed by atoms with Gasteiger partial charge in [-0.15, -0.1) is 0 Å². The number of carbonyl (C=O) groups excluding carboxylic acids is 1. The number of hydrogen-bond donors (Lipinski definition) is 0. The number of likely N-dealkylation sites (N-methyl/N-ethyl adjacent to an activating group) is 1. The maximum absolute atomic E-state index is 13.2. The standard InChI is InChI=1S/C22H19ClN4O/c1-26-10-12-27(13-11-26)22-24-19(14-6-8-15(23)9-7-14)18-20(25-22)16-4-2-3-5-17(16)21(18)28/h2-9H,10-13H2,1H3.